The maximum atomic E-state index is 12.5. The molecule has 1 aliphatic rings. The molecule has 2 rings (SSSR count). The van der Waals surface area contributed by atoms with Gasteiger partial charge in [0.15, 0.2) is 5.96 Å². The first-order chi connectivity index (χ1) is 11.3. The Labute approximate surface area is 168 Å². The van der Waals surface area contributed by atoms with Gasteiger partial charge in [0.25, 0.3) is 0 Å². The zero-order valence-electron chi connectivity index (χ0n) is 14.2. The lowest BCUT2D eigenvalue weighted by atomic mass is 10.2. The van der Waals surface area contributed by atoms with Crippen LogP contribution >= 0.6 is 35.6 Å². The monoisotopic (exact) mass is 490 g/mol. The van der Waals surface area contributed by atoms with Crippen molar-refractivity contribution in [2.45, 2.75) is 25.2 Å². The summed E-state index contributed by atoms with van der Waals surface area (Å²) in [5, 5.41) is 3.93. The van der Waals surface area contributed by atoms with Gasteiger partial charge in [0.2, 0.25) is 0 Å². The van der Waals surface area contributed by atoms with Crippen LogP contribution < -0.4 is 5.32 Å². The third kappa shape index (κ3) is 7.57. The van der Waals surface area contributed by atoms with Gasteiger partial charge in [-0.15, -0.1) is 24.0 Å². The first-order valence-corrected chi connectivity index (χ1v) is 8.12. The summed E-state index contributed by atoms with van der Waals surface area (Å²) in [6, 6.07) is 7.50. The third-order valence-electron chi connectivity index (χ3n) is 3.91. The SMILES string of the molecule is CN=C(NC1CCN(CC(F)(F)F)C1)N(C)Cc1ccc(Cl)cc1.I. The van der Waals surface area contributed by atoms with E-state index < -0.39 is 12.7 Å². The van der Waals surface area contributed by atoms with Crippen molar-refractivity contribution < 1.29 is 13.2 Å². The van der Waals surface area contributed by atoms with Gasteiger partial charge < -0.3 is 10.2 Å². The van der Waals surface area contributed by atoms with Crippen LogP contribution in [0, 0.1) is 0 Å². The van der Waals surface area contributed by atoms with Crippen LogP contribution in [0.15, 0.2) is 29.3 Å². The molecule has 1 aromatic rings. The zero-order valence-corrected chi connectivity index (χ0v) is 17.3. The number of alkyl halides is 3. The predicted octanol–water partition coefficient (Wildman–Crippen LogP) is 3.60. The second-order valence-electron chi connectivity index (χ2n) is 6.01. The van der Waals surface area contributed by atoms with E-state index in [9.17, 15) is 13.2 Å². The number of nitrogens with one attached hydrogen (secondary N) is 1. The Hall–Kier alpha value is -0.740. The lowest BCUT2D eigenvalue weighted by Crippen LogP contribution is -2.45. The average molecular weight is 491 g/mol. The van der Waals surface area contributed by atoms with Crippen molar-refractivity contribution in [2.75, 3.05) is 33.7 Å². The zero-order chi connectivity index (χ0) is 17.7. The smallest absolute Gasteiger partial charge is 0.352 e. The minimum Gasteiger partial charge on any atom is -0.352 e. The lowest BCUT2D eigenvalue weighted by Gasteiger charge is -2.25. The molecule has 1 aromatic carbocycles. The van der Waals surface area contributed by atoms with Gasteiger partial charge in [0, 0.05) is 44.8 Å². The van der Waals surface area contributed by atoms with Crippen LogP contribution in [0.2, 0.25) is 5.02 Å². The summed E-state index contributed by atoms with van der Waals surface area (Å²) >= 11 is 5.88. The number of guanidine groups is 1. The summed E-state index contributed by atoms with van der Waals surface area (Å²) in [5.74, 6) is 0.670. The van der Waals surface area contributed by atoms with Gasteiger partial charge in [-0.1, -0.05) is 23.7 Å². The van der Waals surface area contributed by atoms with Gasteiger partial charge in [0.05, 0.1) is 6.54 Å². The second-order valence-corrected chi connectivity index (χ2v) is 6.45. The van der Waals surface area contributed by atoms with E-state index >= 15 is 0 Å². The highest BCUT2D eigenvalue weighted by Crippen LogP contribution is 2.20. The van der Waals surface area contributed by atoms with E-state index in [-0.39, 0.29) is 30.0 Å². The van der Waals surface area contributed by atoms with Gasteiger partial charge in [-0.05, 0) is 24.1 Å². The number of nitrogens with zero attached hydrogens (tertiary/aromatic N) is 3. The van der Waals surface area contributed by atoms with Crippen LogP contribution in [-0.4, -0.2) is 61.7 Å². The predicted molar refractivity (Wildman–Crippen MR) is 106 cm³/mol. The lowest BCUT2D eigenvalue weighted by molar-refractivity contribution is -0.143. The molecule has 4 nitrogen and oxygen atoms in total. The molecule has 142 valence electrons. The van der Waals surface area contributed by atoms with Crippen molar-refractivity contribution in [3.05, 3.63) is 34.9 Å². The quantitative estimate of drug-likeness (QED) is 0.398. The topological polar surface area (TPSA) is 30.9 Å². The largest absolute Gasteiger partial charge is 0.401 e. The highest BCUT2D eigenvalue weighted by molar-refractivity contribution is 14.0. The molecule has 0 amide bonds. The molecule has 0 radical (unpaired) electrons. The molecule has 0 spiro atoms. The molecule has 1 saturated heterocycles. The van der Waals surface area contributed by atoms with Gasteiger partial charge in [0.1, 0.15) is 0 Å². The normalized spacial score (nSPS) is 18.8. The van der Waals surface area contributed by atoms with Gasteiger partial charge in [-0.25, -0.2) is 0 Å². The summed E-state index contributed by atoms with van der Waals surface area (Å²) in [7, 11) is 3.56. The van der Waals surface area contributed by atoms with Crippen molar-refractivity contribution in [3.8, 4) is 0 Å². The number of hydrogen-bond acceptors (Lipinski definition) is 2. The fourth-order valence-corrected chi connectivity index (χ4v) is 2.94. The first-order valence-electron chi connectivity index (χ1n) is 7.75. The molecule has 1 fully saturated rings. The molecular weight excluding hydrogens is 468 g/mol. The molecule has 9 heteroatoms. The van der Waals surface area contributed by atoms with E-state index in [1.54, 1.807) is 7.05 Å². The van der Waals surface area contributed by atoms with Crippen molar-refractivity contribution >= 4 is 41.5 Å². The van der Waals surface area contributed by atoms with Crippen LogP contribution in [0.5, 0.6) is 0 Å². The maximum absolute atomic E-state index is 12.5. The van der Waals surface area contributed by atoms with Crippen LogP contribution in [0.4, 0.5) is 13.2 Å². The number of hydrogen-bond donors (Lipinski definition) is 1. The Balaban J connectivity index is 0.00000312. The number of aliphatic imine (C=N–C) groups is 1. The van der Waals surface area contributed by atoms with Gasteiger partial charge in [-0.2, -0.15) is 13.2 Å². The molecule has 0 aliphatic carbocycles. The van der Waals surface area contributed by atoms with Crippen LogP contribution in [0.3, 0.4) is 0 Å². The van der Waals surface area contributed by atoms with Crippen LogP contribution in [0.25, 0.3) is 0 Å². The van der Waals surface area contributed by atoms with Gasteiger partial charge in [-0.3, -0.25) is 9.89 Å². The Morgan fingerprint density at radius 2 is 2.00 bits per heavy atom. The number of halogens is 5. The summed E-state index contributed by atoms with van der Waals surface area (Å²) in [5.41, 5.74) is 1.08. The molecule has 0 saturated carbocycles. The maximum Gasteiger partial charge on any atom is 0.401 e. The highest BCUT2D eigenvalue weighted by atomic mass is 127. The number of rotatable bonds is 4. The molecule has 0 bridgehead atoms. The summed E-state index contributed by atoms with van der Waals surface area (Å²) in [6.07, 6.45) is -3.48. The summed E-state index contributed by atoms with van der Waals surface area (Å²) in [6.45, 7) is 0.586. The molecule has 1 heterocycles. The molecule has 1 unspecified atom stereocenters. The average Bonchev–Trinajstić information content (AvgIpc) is 2.92. The first kappa shape index (κ1) is 22.3. The fraction of sp³-hybridized carbons (Fsp3) is 0.562. The molecule has 1 aliphatic heterocycles. The molecular formula is C16H23ClF3IN4. The standard InChI is InChI=1S/C16H22ClF3N4.HI/c1-21-15(23(2)9-12-3-5-13(17)6-4-12)22-14-7-8-24(10-14)11-16(18,19)20;/h3-6,14H,7-11H2,1-2H3,(H,21,22);1H. The van der Waals surface area contributed by atoms with Crippen LogP contribution in [-0.2, 0) is 6.54 Å². The molecule has 1 atom stereocenters. The van der Waals surface area contributed by atoms with Crippen molar-refractivity contribution in [3.63, 3.8) is 0 Å². The second kappa shape index (κ2) is 9.82. The summed E-state index contributed by atoms with van der Waals surface area (Å²) in [4.78, 5) is 7.59. The fourth-order valence-electron chi connectivity index (χ4n) is 2.81. The molecule has 25 heavy (non-hydrogen) atoms. The highest BCUT2D eigenvalue weighted by Gasteiger charge is 2.34. The minimum atomic E-state index is -4.15. The summed E-state index contributed by atoms with van der Waals surface area (Å²) < 4.78 is 37.4. The molecule has 0 aromatic heterocycles. The van der Waals surface area contributed by atoms with E-state index in [0.29, 0.717) is 37.0 Å². The Kier molecular flexibility index (Phi) is 8.76. The van der Waals surface area contributed by atoms with E-state index in [2.05, 4.69) is 10.3 Å². The van der Waals surface area contributed by atoms with Crippen molar-refractivity contribution in [1.29, 1.82) is 0 Å². The van der Waals surface area contributed by atoms with Crippen molar-refractivity contribution in [1.82, 2.24) is 15.1 Å². The molecule has 1 N–H and O–H groups in total. The van der Waals surface area contributed by atoms with Crippen molar-refractivity contribution in [2.24, 2.45) is 4.99 Å². The Morgan fingerprint density at radius 3 is 2.56 bits per heavy atom. The number of benzene rings is 1. The van der Waals surface area contributed by atoms with E-state index in [1.807, 2.05) is 36.2 Å². The van der Waals surface area contributed by atoms with E-state index in [1.165, 1.54) is 4.90 Å². The number of likely N-dealkylation sites (tertiary alicyclic amines) is 1. The van der Waals surface area contributed by atoms with E-state index in [0.717, 1.165) is 5.56 Å². The Bertz CT molecular complexity index is 565. The van der Waals surface area contributed by atoms with Gasteiger partial charge >= 0.3 is 6.18 Å². The van der Waals surface area contributed by atoms with Crippen LogP contribution in [0.1, 0.15) is 12.0 Å². The third-order valence-corrected chi connectivity index (χ3v) is 4.17. The minimum absolute atomic E-state index is 0. The Morgan fingerprint density at radius 1 is 1.36 bits per heavy atom. The van der Waals surface area contributed by atoms with E-state index in [4.69, 9.17) is 11.6 Å².